The van der Waals surface area contributed by atoms with E-state index in [4.69, 9.17) is 0 Å². The SMILES string of the molecule is O=C1C2=CC=CC3C2=C(C=CC3NO)c2ccccc21. The fourth-order valence-corrected chi connectivity index (χ4v) is 3.29. The fourth-order valence-electron chi connectivity index (χ4n) is 3.29. The number of hydrogen-bond acceptors (Lipinski definition) is 3. The van der Waals surface area contributed by atoms with Crippen molar-refractivity contribution in [3.63, 3.8) is 0 Å². The Hall–Kier alpha value is -2.23. The van der Waals surface area contributed by atoms with Crippen LogP contribution in [0, 0.1) is 5.92 Å². The van der Waals surface area contributed by atoms with Gasteiger partial charge >= 0.3 is 0 Å². The Morgan fingerprint density at radius 2 is 1.90 bits per heavy atom. The third-order valence-electron chi connectivity index (χ3n) is 4.21. The summed E-state index contributed by atoms with van der Waals surface area (Å²) < 4.78 is 0. The fraction of sp³-hybridized carbons (Fsp3) is 0.118. The summed E-state index contributed by atoms with van der Waals surface area (Å²) in [5.74, 6) is 0.0676. The standard InChI is InChI=1S/C17H13NO2/c19-17-12-5-2-1-4-10(12)11-8-9-15(18-20)13-6-3-7-14(17)16(11)13/h1-9,13,15,18,20H. The maximum Gasteiger partial charge on any atom is 0.193 e. The average molecular weight is 263 g/mol. The maximum absolute atomic E-state index is 12.6. The molecular formula is C17H13NO2. The Morgan fingerprint density at radius 1 is 1.10 bits per heavy atom. The molecule has 3 nitrogen and oxygen atoms in total. The van der Waals surface area contributed by atoms with Gasteiger partial charge in [-0.1, -0.05) is 54.6 Å². The number of hydrogen-bond donors (Lipinski definition) is 2. The van der Waals surface area contributed by atoms with Crippen molar-refractivity contribution in [3.8, 4) is 0 Å². The van der Waals surface area contributed by atoms with Crippen molar-refractivity contribution in [1.82, 2.24) is 5.48 Å². The van der Waals surface area contributed by atoms with E-state index in [1.54, 1.807) is 0 Å². The van der Waals surface area contributed by atoms with Crippen LogP contribution in [0.15, 0.2) is 65.8 Å². The van der Waals surface area contributed by atoms with Crippen LogP contribution in [0.25, 0.3) is 5.57 Å². The first-order chi connectivity index (χ1) is 9.81. The lowest BCUT2D eigenvalue weighted by Gasteiger charge is -2.35. The monoisotopic (exact) mass is 263 g/mol. The lowest BCUT2D eigenvalue weighted by Crippen LogP contribution is -2.37. The Labute approximate surface area is 116 Å². The van der Waals surface area contributed by atoms with Crippen LogP contribution >= 0.6 is 0 Å². The Balaban J connectivity index is 2.02. The summed E-state index contributed by atoms with van der Waals surface area (Å²) in [4.78, 5) is 12.6. The number of Topliss-reactive ketones (excluding diaryl/α,β-unsaturated/α-hetero) is 1. The Kier molecular flexibility index (Phi) is 2.39. The molecule has 3 aliphatic rings. The molecule has 1 aromatic carbocycles. The molecular weight excluding hydrogens is 250 g/mol. The minimum atomic E-state index is -0.188. The molecule has 3 heteroatoms. The van der Waals surface area contributed by atoms with Gasteiger partial charge in [-0.05, 0) is 16.7 Å². The second-order valence-electron chi connectivity index (χ2n) is 5.21. The van der Waals surface area contributed by atoms with Gasteiger partial charge < -0.3 is 5.21 Å². The Bertz CT molecular complexity index is 737. The van der Waals surface area contributed by atoms with Gasteiger partial charge in [0.2, 0.25) is 0 Å². The summed E-state index contributed by atoms with van der Waals surface area (Å²) in [6.07, 6.45) is 9.74. The second kappa shape index (κ2) is 4.13. The largest absolute Gasteiger partial charge is 0.316 e. The van der Waals surface area contributed by atoms with Crippen molar-refractivity contribution >= 4 is 11.4 Å². The third-order valence-corrected chi connectivity index (χ3v) is 4.21. The molecule has 4 rings (SSSR count). The van der Waals surface area contributed by atoms with Crippen molar-refractivity contribution in [2.24, 2.45) is 5.92 Å². The molecule has 0 spiro atoms. The minimum absolute atomic E-state index is 0.00249. The average Bonchev–Trinajstić information content (AvgIpc) is 2.52. The molecule has 1 aromatic rings. The summed E-state index contributed by atoms with van der Waals surface area (Å²) in [6.45, 7) is 0. The quantitative estimate of drug-likeness (QED) is 0.766. The molecule has 0 fully saturated rings. The topological polar surface area (TPSA) is 49.3 Å². The molecule has 0 amide bonds. The molecule has 0 aromatic heterocycles. The highest BCUT2D eigenvalue weighted by Gasteiger charge is 2.37. The highest BCUT2D eigenvalue weighted by atomic mass is 16.5. The molecule has 0 saturated carbocycles. The highest BCUT2D eigenvalue weighted by molar-refractivity contribution is 6.19. The zero-order valence-electron chi connectivity index (χ0n) is 10.7. The molecule has 0 saturated heterocycles. The van der Waals surface area contributed by atoms with E-state index in [9.17, 15) is 10.0 Å². The lowest BCUT2D eigenvalue weighted by atomic mass is 9.70. The van der Waals surface area contributed by atoms with Gasteiger partial charge in [0.05, 0.1) is 6.04 Å². The predicted octanol–water partition coefficient (Wildman–Crippen LogP) is 2.67. The van der Waals surface area contributed by atoms with E-state index in [-0.39, 0.29) is 17.7 Å². The summed E-state index contributed by atoms with van der Waals surface area (Å²) in [5.41, 5.74) is 6.92. The number of allylic oxidation sites excluding steroid dienone is 5. The van der Waals surface area contributed by atoms with Gasteiger partial charge in [0.1, 0.15) is 0 Å². The van der Waals surface area contributed by atoms with E-state index in [1.165, 1.54) is 0 Å². The van der Waals surface area contributed by atoms with E-state index < -0.39 is 0 Å². The number of benzene rings is 1. The maximum atomic E-state index is 12.6. The van der Waals surface area contributed by atoms with E-state index in [1.807, 2.05) is 54.6 Å². The zero-order chi connectivity index (χ0) is 13.7. The first-order valence-corrected chi connectivity index (χ1v) is 6.66. The number of hydroxylamine groups is 1. The molecule has 20 heavy (non-hydrogen) atoms. The van der Waals surface area contributed by atoms with Crippen LogP contribution in [-0.2, 0) is 0 Å². The zero-order valence-corrected chi connectivity index (χ0v) is 10.7. The second-order valence-corrected chi connectivity index (χ2v) is 5.21. The molecule has 2 atom stereocenters. The predicted molar refractivity (Wildman–Crippen MR) is 76.3 cm³/mol. The summed E-state index contributed by atoms with van der Waals surface area (Å²) in [6, 6.07) is 7.51. The minimum Gasteiger partial charge on any atom is -0.316 e. The first-order valence-electron chi connectivity index (χ1n) is 6.66. The van der Waals surface area contributed by atoms with E-state index in [0.717, 1.165) is 27.8 Å². The van der Waals surface area contributed by atoms with Gasteiger partial charge in [0, 0.05) is 17.1 Å². The first kappa shape index (κ1) is 11.6. The molecule has 0 radical (unpaired) electrons. The number of ketones is 1. The summed E-state index contributed by atoms with van der Waals surface area (Å²) in [7, 11) is 0. The molecule has 98 valence electrons. The third kappa shape index (κ3) is 1.39. The van der Waals surface area contributed by atoms with Crippen molar-refractivity contribution in [3.05, 3.63) is 76.9 Å². The number of carbonyl (C=O) groups is 1. The summed E-state index contributed by atoms with van der Waals surface area (Å²) >= 11 is 0. The van der Waals surface area contributed by atoms with Crippen LogP contribution in [0.2, 0.25) is 0 Å². The molecule has 0 aliphatic heterocycles. The van der Waals surface area contributed by atoms with Gasteiger partial charge in [-0.15, -0.1) is 0 Å². The van der Waals surface area contributed by atoms with Crippen molar-refractivity contribution < 1.29 is 10.0 Å². The van der Waals surface area contributed by atoms with E-state index >= 15 is 0 Å². The summed E-state index contributed by atoms with van der Waals surface area (Å²) in [5, 5.41) is 9.29. The van der Waals surface area contributed by atoms with Crippen LogP contribution < -0.4 is 5.48 Å². The number of rotatable bonds is 1. The van der Waals surface area contributed by atoms with Crippen LogP contribution in [-0.4, -0.2) is 17.0 Å². The number of fused-ring (bicyclic) bond motifs is 2. The number of nitrogens with one attached hydrogen (secondary N) is 1. The lowest BCUT2D eigenvalue weighted by molar-refractivity contribution is 0.102. The molecule has 2 N–H and O–H groups in total. The molecule has 2 unspecified atom stereocenters. The molecule has 0 bridgehead atoms. The molecule has 3 aliphatic carbocycles. The highest BCUT2D eigenvalue weighted by Crippen LogP contribution is 2.44. The van der Waals surface area contributed by atoms with Crippen LogP contribution in [0.5, 0.6) is 0 Å². The normalized spacial score (nSPS) is 26.2. The van der Waals surface area contributed by atoms with Gasteiger partial charge in [-0.2, -0.15) is 5.48 Å². The van der Waals surface area contributed by atoms with Crippen LogP contribution in [0.4, 0.5) is 0 Å². The van der Waals surface area contributed by atoms with Gasteiger partial charge in [-0.25, -0.2) is 0 Å². The van der Waals surface area contributed by atoms with Crippen molar-refractivity contribution in [2.45, 2.75) is 6.04 Å². The van der Waals surface area contributed by atoms with Crippen molar-refractivity contribution in [1.29, 1.82) is 0 Å². The van der Waals surface area contributed by atoms with Crippen LogP contribution in [0.3, 0.4) is 0 Å². The van der Waals surface area contributed by atoms with Gasteiger partial charge in [-0.3, -0.25) is 4.79 Å². The smallest absolute Gasteiger partial charge is 0.193 e. The van der Waals surface area contributed by atoms with E-state index in [0.29, 0.717) is 0 Å². The number of carbonyl (C=O) groups excluding carboxylic acids is 1. The van der Waals surface area contributed by atoms with E-state index in [2.05, 4.69) is 5.48 Å². The van der Waals surface area contributed by atoms with Gasteiger partial charge in [0.25, 0.3) is 0 Å². The van der Waals surface area contributed by atoms with Gasteiger partial charge in [0.15, 0.2) is 5.78 Å². The van der Waals surface area contributed by atoms with Crippen LogP contribution in [0.1, 0.15) is 15.9 Å². The molecule has 0 heterocycles. The Morgan fingerprint density at radius 3 is 2.70 bits per heavy atom. The van der Waals surface area contributed by atoms with Crippen molar-refractivity contribution in [2.75, 3.05) is 0 Å².